The van der Waals surface area contributed by atoms with Gasteiger partial charge in [-0.25, -0.2) is 0 Å². The maximum atomic E-state index is 11.5. The van der Waals surface area contributed by atoms with Crippen molar-refractivity contribution in [3.8, 4) is 11.5 Å². The molecule has 2 saturated carbocycles. The second-order valence-corrected chi connectivity index (χ2v) is 7.09. The molecule has 2 fully saturated rings. The molecule has 2 atom stereocenters. The summed E-state index contributed by atoms with van der Waals surface area (Å²) in [4.78, 5) is 11.5. The predicted molar refractivity (Wildman–Crippen MR) is 92.6 cm³/mol. The molecule has 0 radical (unpaired) electrons. The van der Waals surface area contributed by atoms with Gasteiger partial charge in [0.05, 0.1) is 20.3 Å². The van der Waals surface area contributed by atoms with Crippen molar-refractivity contribution in [3.63, 3.8) is 0 Å². The lowest BCUT2D eigenvalue weighted by atomic mass is 9.95. The summed E-state index contributed by atoms with van der Waals surface area (Å²) in [5.74, 6) is 2.52. The number of methoxy groups -OCH3 is 2. The maximum Gasteiger partial charge on any atom is 0.305 e. The Labute approximate surface area is 144 Å². The topological polar surface area (TPSA) is 44.8 Å². The molecule has 2 aliphatic rings. The number of esters is 1. The van der Waals surface area contributed by atoms with Gasteiger partial charge in [-0.3, -0.25) is 4.79 Å². The van der Waals surface area contributed by atoms with Crippen LogP contribution in [0.25, 0.3) is 0 Å². The molecular weight excluding hydrogens is 304 g/mol. The summed E-state index contributed by atoms with van der Waals surface area (Å²) in [6.45, 7) is 0. The van der Waals surface area contributed by atoms with E-state index in [1.807, 2.05) is 6.07 Å². The highest BCUT2D eigenvalue weighted by Crippen LogP contribution is 2.42. The Balaban J connectivity index is 1.68. The lowest BCUT2D eigenvalue weighted by Gasteiger charge is -2.19. The monoisotopic (exact) mass is 332 g/mol. The van der Waals surface area contributed by atoms with E-state index in [1.165, 1.54) is 25.5 Å². The SMILES string of the molecule is COC(=O)CC1CCC(c2ccc(OC)c(OC3CCCC3)c2)C1. The Morgan fingerprint density at radius 3 is 2.58 bits per heavy atom. The Morgan fingerprint density at radius 2 is 1.88 bits per heavy atom. The molecule has 0 bridgehead atoms. The van der Waals surface area contributed by atoms with Gasteiger partial charge in [0.1, 0.15) is 0 Å². The van der Waals surface area contributed by atoms with Gasteiger partial charge in [-0.05, 0) is 74.5 Å². The second kappa shape index (κ2) is 7.91. The van der Waals surface area contributed by atoms with Crippen LogP contribution in [0.2, 0.25) is 0 Å². The van der Waals surface area contributed by atoms with Crippen molar-refractivity contribution < 1.29 is 19.0 Å². The minimum absolute atomic E-state index is 0.0966. The van der Waals surface area contributed by atoms with Crippen LogP contribution in [0.5, 0.6) is 11.5 Å². The van der Waals surface area contributed by atoms with Gasteiger partial charge in [0.2, 0.25) is 0 Å². The van der Waals surface area contributed by atoms with Crippen LogP contribution in [0.15, 0.2) is 18.2 Å². The third-order valence-corrected chi connectivity index (χ3v) is 5.48. The van der Waals surface area contributed by atoms with Gasteiger partial charge in [0.15, 0.2) is 11.5 Å². The minimum atomic E-state index is -0.0966. The van der Waals surface area contributed by atoms with Crippen molar-refractivity contribution in [1.29, 1.82) is 0 Å². The first-order valence-electron chi connectivity index (χ1n) is 9.11. The minimum Gasteiger partial charge on any atom is -0.493 e. The average molecular weight is 332 g/mol. The van der Waals surface area contributed by atoms with E-state index in [0.717, 1.165) is 43.6 Å². The molecule has 2 unspecified atom stereocenters. The van der Waals surface area contributed by atoms with Crippen LogP contribution in [0.4, 0.5) is 0 Å². The zero-order valence-electron chi connectivity index (χ0n) is 14.8. The van der Waals surface area contributed by atoms with Crippen molar-refractivity contribution in [2.24, 2.45) is 5.92 Å². The molecule has 4 nitrogen and oxygen atoms in total. The summed E-state index contributed by atoms with van der Waals surface area (Å²) in [7, 11) is 3.16. The van der Waals surface area contributed by atoms with Crippen molar-refractivity contribution in [2.45, 2.75) is 63.4 Å². The first-order valence-corrected chi connectivity index (χ1v) is 9.11. The van der Waals surface area contributed by atoms with Gasteiger partial charge in [0, 0.05) is 6.42 Å². The van der Waals surface area contributed by atoms with E-state index in [9.17, 15) is 4.79 Å². The summed E-state index contributed by atoms with van der Waals surface area (Å²) in [6.07, 6.45) is 8.90. The maximum absolute atomic E-state index is 11.5. The predicted octanol–water partition coefficient (Wildman–Crippen LogP) is 4.46. The molecule has 2 aliphatic carbocycles. The largest absolute Gasteiger partial charge is 0.493 e. The highest BCUT2D eigenvalue weighted by molar-refractivity contribution is 5.69. The third kappa shape index (κ3) is 4.03. The van der Waals surface area contributed by atoms with Crippen molar-refractivity contribution >= 4 is 5.97 Å². The fourth-order valence-corrected chi connectivity index (χ4v) is 4.11. The summed E-state index contributed by atoms with van der Waals surface area (Å²) in [5.41, 5.74) is 1.30. The van der Waals surface area contributed by atoms with Crippen LogP contribution in [0.3, 0.4) is 0 Å². The Kier molecular flexibility index (Phi) is 5.64. The number of carbonyl (C=O) groups excluding carboxylic acids is 1. The zero-order valence-corrected chi connectivity index (χ0v) is 14.8. The molecule has 24 heavy (non-hydrogen) atoms. The average Bonchev–Trinajstić information content (AvgIpc) is 3.26. The molecular formula is C20H28O4. The fourth-order valence-electron chi connectivity index (χ4n) is 4.11. The van der Waals surface area contributed by atoms with Gasteiger partial charge in [-0.2, -0.15) is 0 Å². The molecule has 0 heterocycles. The molecule has 1 aromatic carbocycles. The third-order valence-electron chi connectivity index (χ3n) is 5.48. The standard InChI is InChI=1S/C20H28O4/c1-22-18-10-9-16(13-19(18)24-17-5-3-4-6-17)15-8-7-14(11-15)12-20(21)23-2/h9-10,13-15,17H,3-8,11-12H2,1-2H3. The number of rotatable bonds is 6. The smallest absolute Gasteiger partial charge is 0.305 e. The van der Waals surface area contributed by atoms with Crippen LogP contribution in [-0.4, -0.2) is 26.3 Å². The molecule has 0 saturated heterocycles. The lowest BCUT2D eigenvalue weighted by molar-refractivity contribution is -0.141. The second-order valence-electron chi connectivity index (χ2n) is 7.09. The molecule has 132 valence electrons. The van der Waals surface area contributed by atoms with Crippen LogP contribution >= 0.6 is 0 Å². The molecule has 4 heteroatoms. The molecule has 0 aromatic heterocycles. The summed E-state index contributed by atoms with van der Waals surface area (Å²) in [5, 5.41) is 0. The summed E-state index contributed by atoms with van der Waals surface area (Å²) in [6, 6.07) is 6.32. The molecule has 3 rings (SSSR count). The van der Waals surface area contributed by atoms with Crippen molar-refractivity contribution in [3.05, 3.63) is 23.8 Å². The fraction of sp³-hybridized carbons (Fsp3) is 0.650. The first-order chi connectivity index (χ1) is 11.7. The normalized spacial score (nSPS) is 24.1. The molecule has 1 aromatic rings. The van der Waals surface area contributed by atoms with Gasteiger partial charge in [0.25, 0.3) is 0 Å². The van der Waals surface area contributed by atoms with E-state index in [0.29, 0.717) is 24.4 Å². The van der Waals surface area contributed by atoms with E-state index in [-0.39, 0.29) is 5.97 Å². The lowest BCUT2D eigenvalue weighted by Crippen LogP contribution is -2.12. The Bertz CT molecular complexity index is 563. The van der Waals surface area contributed by atoms with Gasteiger partial charge >= 0.3 is 5.97 Å². The van der Waals surface area contributed by atoms with Gasteiger partial charge in [-0.1, -0.05) is 6.07 Å². The van der Waals surface area contributed by atoms with E-state index < -0.39 is 0 Å². The Morgan fingerprint density at radius 1 is 1.08 bits per heavy atom. The van der Waals surface area contributed by atoms with Crippen LogP contribution in [-0.2, 0) is 9.53 Å². The molecule has 0 amide bonds. The van der Waals surface area contributed by atoms with E-state index in [4.69, 9.17) is 14.2 Å². The highest BCUT2D eigenvalue weighted by atomic mass is 16.5. The van der Waals surface area contributed by atoms with E-state index in [2.05, 4.69) is 12.1 Å². The molecule has 0 aliphatic heterocycles. The van der Waals surface area contributed by atoms with E-state index in [1.54, 1.807) is 7.11 Å². The zero-order chi connectivity index (χ0) is 16.9. The first kappa shape index (κ1) is 17.1. The van der Waals surface area contributed by atoms with Gasteiger partial charge < -0.3 is 14.2 Å². The van der Waals surface area contributed by atoms with Crippen LogP contribution in [0.1, 0.15) is 62.8 Å². The number of hydrogen-bond donors (Lipinski definition) is 0. The number of carbonyl (C=O) groups is 1. The van der Waals surface area contributed by atoms with Gasteiger partial charge in [-0.15, -0.1) is 0 Å². The van der Waals surface area contributed by atoms with Crippen molar-refractivity contribution in [1.82, 2.24) is 0 Å². The highest BCUT2D eigenvalue weighted by Gasteiger charge is 2.28. The van der Waals surface area contributed by atoms with Crippen LogP contribution < -0.4 is 9.47 Å². The van der Waals surface area contributed by atoms with E-state index >= 15 is 0 Å². The Hall–Kier alpha value is -1.71. The summed E-state index contributed by atoms with van der Waals surface area (Å²) < 4.78 is 16.5. The molecule has 0 N–H and O–H groups in total. The number of ether oxygens (including phenoxy) is 3. The molecule has 0 spiro atoms. The quantitative estimate of drug-likeness (QED) is 0.721. The van der Waals surface area contributed by atoms with Crippen molar-refractivity contribution in [2.75, 3.05) is 14.2 Å². The van der Waals surface area contributed by atoms with Crippen LogP contribution in [0, 0.1) is 5.92 Å². The number of hydrogen-bond acceptors (Lipinski definition) is 4. The summed E-state index contributed by atoms with van der Waals surface area (Å²) >= 11 is 0. The number of benzene rings is 1.